The van der Waals surface area contributed by atoms with E-state index in [1.54, 1.807) is 19.3 Å². The minimum absolute atomic E-state index is 0.167. The summed E-state index contributed by atoms with van der Waals surface area (Å²) in [5, 5.41) is 5.63. The van der Waals surface area contributed by atoms with E-state index in [0.717, 1.165) is 12.2 Å². The highest BCUT2D eigenvalue weighted by Gasteiger charge is 2.03. The molecule has 0 radical (unpaired) electrons. The van der Waals surface area contributed by atoms with Gasteiger partial charge in [-0.05, 0) is 19.1 Å². The Balaban J connectivity index is 2.85. The molecule has 2 N–H and O–H groups in total. The molecule has 0 aliphatic heterocycles. The van der Waals surface area contributed by atoms with E-state index in [0.29, 0.717) is 5.69 Å². The zero-order valence-electron chi connectivity index (χ0n) is 7.79. The van der Waals surface area contributed by atoms with Crippen LogP contribution in [0.25, 0.3) is 0 Å². The van der Waals surface area contributed by atoms with Gasteiger partial charge in [-0.25, -0.2) is 0 Å². The van der Waals surface area contributed by atoms with Gasteiger partial charge in [0.2, 0.25) is 0 Å². The van der Waals surface area contributed by atoms with Crippen LogP contribution in [0, 0.1) is 0 Å². The maximum absolute atomic E-state index is 11.2. The summed E-state index contributed by atoms with van der Waals surface area (Å²) in [5.41, 5.74) is 1.34. The minimum atomic E-state index is -0.167. The highest BCUT2D eigenvalue weighted by atomic mass is 16.1. The van der Waals surface area contributed by atoms with Gasteiger partial charge in [0.1, 0.15) is 5.69 Å². The molecule has 0 aliphatic rings. The lowest BCUT2D eigenvalue weighted by Gasteiger charge is -2.04. The van der Waals surface area contributed by atoms with E-state index < -0.39 is 0 Å². The third-order valence-corrected chi connectivity index (χ3v) is 1.60. The van der Waals surface area contributed by atoms with Crippen molar-refractivity contribution >= 4 is 11.6 Å². The zero-order valence-corrected chi connectivity index (χ0v) is 7.79. The van der Waals surface area contributed by atoms with Crippen molar-refractivity contribution in [1.29, 1.82) is 0 Å². The molecule has 1 heterocycles. The highest BCUT2D eigenvalue weighted by Crippen LogP contribution is 2.06. The van der Waals surface area contributed by atoms with Gasteiger partial charge in [-0.3, -0.25) is 9.78 Å². The summed E-state index contributed by atoms with van der Waals surface area (Å²) in [7, 11) is 1.59. The molecule has 0 bridgehead atoms. The number of nitrogens with zero attached hydrogens (tertiary/aromatic N) is 1. The van der Waals surface area contributed by atoms with Crippen LogP contribution in [0.4, 0.5) is 5.69 Å². The average molecular weight is 179 g/mol. The van der Waals surface area contributed by atoms with E-state index in [1.165, 1.54) is 0 Å². The summed E-state index contributed by atoms with van der Waals surface area (Å²) in [6, 6.07) is 3.55. The second-order valence-electron chi connectivity index (χ2n) is 2.54. The quantitative estimate of drug-likeness (QED) is 0.724. The van der Waals surface area contributed by atoms with Gasteiger partial charge in [0.05, 0.1) is 0 Å². The molecular formula is C9H13N3O. The van der Waals surface area contributed by atoms with Crippen LogP contribution in [-0.2, 0) is 0 Å². The fourth-order valence-electron chi connectivity index (χ4n) is 0.997. The molecule has 70 valence electrons. The smallest absolute Gasteiger partial charge is 0.269 e. The normalized spacial score (nSPS) is 9.38. The van der Waals surface area contributed by atoms with Gasteiger partial charge in [-0.1, -0.05) is 0 Å². The maximum atomic E-state index is 11.2. The molecule has 0 aliphatic carbocycles. The second-order valence-corrected chi connectivity index (χ2v) is 2.54. The molecule has 1 rings (SSSR count). The van der Waals surface area contributed by atoms with Gasteiger partial charge in [0, 0.05) is 25.5 Å². The molecule has 0 saturated heterocycles. The number of aromatic nitrogens is 1. The summed E-state index contributed by atoms with van der Waals surface area (Å²) >= 11 is 0. The molecule has 1 amide bonds. The summed E-state index contributed by atoms with van der Waals surface area (Å²) in [5.74, 6) is -0.167. The Morgan fingerprint density at radius 2 is 2.38 bits per heavy atom. The fourth-order valence-corrected chi connectivity index (χ4v) is 0.997. The number of pyridine rings is 1. The van der Waals surface area contributed by atoms with E-state index in [1.807, 2.05) is 13.0 Å². The Labute approximate surface area is 77.4 Å². The van der Waals surface area contributed by atoms with Crippen molar-refractivity contribution in [1.82, 2.24) is 10.3 Å². The molecule has 0 atom stereocenters. The topological polar surface area (TPSA) is 54.0 Å². The molecule has 1 aromatic heterocycles. The largest absolute Gasteiger partial charge is 0.385 e. The van der Waals surface area contributed by atoms with Crippen molar-refractivity contribution in [3.63, 3.8) is 0 Å². The van der Waals surface area contributed by atoms with Crippen LogP contribution in [-0.4, -0.2) is 24.5 Å². The van der Waals surface area contributed by atoms with Gasteiger partial charge in [0.25, 0.3) is 5.91 Å². The van der Waals surface area contributed by atoms with E-state index in [4.69, 9.17) is 0 Å². The SMILES string of the molecule is CCNc1ccnc(C(=O)NC)c1. The Bertz CT molecular complexity index is 299. The first-order valence-corrected chi connectivity index (χ1v) is 4.20. The third kappa shape index (κ3) is 2.43. The Morgan fingerprint density at radius 1 is 1.62 bits per heavy atom. The van der Waals surface area contributed by atoms with Gasteiger partial charge < -0.3 is 10.6 Å². The van der Waals surface area contributed by atoms with E-state index in [-0.39, 0.29) is 5.91 Å². The Hall–Kier alpha value is -1.58. The molecule has 4 nitrogen and oxygen atoms in total. The molecule has 1 aromatic rings. The molecule has 0 saturated carbocycles. The van der Waals surface area contributed by atoms with Crippen LogP contribution in [0.5, 0.6) is 0 Å². The zero-order chi connectivity index (χ0) is 9.68. The highest BCUT2D eigenvalue weighted by molar-refractivity contribution is 5.92. The average Bonchev–Trinajstić information content (AvgIpc) is 2.18. The summed E-state index contributed by atoms with van der Waals surface area (Å²) < 4.78 is 0. The molecular weight excluding hydrogens is 166 g/mol. The number of nitrogens with one attached hydrogen (secondary N) is 2. The van der Waals surface area contributed by atoms with E-state index in [9.17, 15) is 4.79 Å². The van der Waals surface area contributed by atoms with Crippen LogP contribution in [0.1, 0.15) is 17.4 Å². The third-order valence-electron chi connectivity index (χ3n) is 1.60. The molecule has 0 unspecified atom stereocenters. The first kappa shape index (κ1) is 9.51. The molecule has 0 aromatic carbocycles. The number of rotatable bonds is 3. The number of anilines is 1. The maximum Gasteiger partial charge on any atom is 0.269 e. The van der Waals surface area contributed by atoms with Gasteiger partial charge in [-0.15, -0.1) is 0 Å². The standard InChI is InChI=1S/C9H13N3O/c1-3-11-7-4-5-12-8(6-7)9(13)10-2/h4-6H,3H2,1-2H3,(H,10,13)(H,11,12). The van der Waals surface area contributed by atoms with Gasteiger partial charge >= 0.3 is 0 Å². The number of amides is 1. The van der Waals surface area contributed by atoms with Crippen molar-refractivity contribution < 1.29 is 4.79 Å². The predicted octanol–water partition coefficient (Wildman–Crippen LogP) is 0.873. The minimum Gasteiger partial charge on any atom is -0.385 e. The van der Waals surface area contributed by atoms with Crippen LogP contribution in [0.3, 0.4) is 0 Å². The van der Waals surface area contributed by atoms with Gasteiger partial charge in [0.15, 0.2) is 0 Å². The van der Waals surface area contributed by atoms with Crippen molar-refractivity contribution in [3.8, 4) is 0 Å². The van der Waals surface area contributed by atoms with Crippen LogP contribution >= 0.6 is 0 Å². The Kier molecular flexibility index (Phi) is 3.25. The molecule has 0 fully saturated rings. The van der Waals surface area contributed by atoms with Crippen LogP contribution in [0.2, 0.25) is 0 Å². The first-order valence-electron chi connectivity index (χ1n) is 4.20. The molecule has 13 heavy (non-hydrogen) atoms. The summed E-state index contributed by atoms with van der Waals surface area (Å²) in [6.07, 6.45) is 1.61. The van der Waals surface area contributed by atoms with Gasteiger partial charge in [-0.2, -0.15) is 0 Å². The van der Waals surface area contributed by atoms with E-state index in [2.05, 4.69) is 15.6 Å². The number of hydrogen-bond donors (Lipinski definition) is 2. The molecule has 0 spiro atoms. The first-order chi connectivity index (χ1) is 6.27. The van der Waals surface area contributed by atoms with Crippen LogP contribution < -0.4 is 10.6 Å². The summed E-state index contributed by atoms with van der Waals surface area (Å²) in [6.45, 7) is 2.83. The Morgan fingerprint density at radius 3 is 3.00 bits per heavy atom. The van der Waals surface area contributed by atoms with Crippen LogP contribution in [0.15, 0.2) is 18.3 Å². The second kappa shape index (κ2) is 4.45. The van der Waals surface area contributed by atoms with Crippen molar-refractivity contribution in [2.45, 2.75) is 6.92 Å². The lowest BCUT2D eigenvalue weighted by molar-refractivity contribution is 0.0958. The van der Waals surface area contributed by atoms with Crippen molar-refractivity contribution in [2.24, 2.45) is 0 Å². The number of carbonyl (C=O) groups is 1. The summed E-state index contributed by atoms with van der Waals surface area (Å²) in [4.78, 5) is 15.1. The number of carbonyl (C=O) groups excluding carboxylic acids is 1. The predicted molar refractivity (Wildman–Crippen MR) is 51.8 cm³/mol. The lowest BCUT2D eigenvalue weighted by Crippen LogP contribution is -2.19. The number of hydrogen-bond acceptors (Lipinski definition) is 3. The van der Waals surface area contributed by atoms with Crippen molar-refractivity contribution in [3.05, 3.63) is 24.0 Å². The fraction of sp³-hybridized carbons (Fsp3) is 0.333. The lowest BCUT2D eigenvalue weighted by atomic mass is 10.3. The monoisotopic (exact) mass is 179 g/mol. The van der Waals surface area contributed by atoms with Crippen molar-refractivity contribution in [2.75, 3.05) is 18.9 Å². The molecule has 4 heteroatoms. The van der Waals surface area contributed by atoms with E-state index >= 15 is 0 Å².